The molecule has 0 aromatic heterocycles. The Morgan fingerprint density at radius 3 is 1.44 bits per heavy atom. The molecule has 1 aromatic carbocycles. The number of nitrogens with zero attached hydrogens (tertiary/aromatic N) is 3. The lowest BCUT2D eigenvalue weighted by Crippen LogP contribution is -2.47. The molecule has 2 fully saturated rings. The summed E-state index contributed by atoms with van der Waals surface area (Å²) in [6.45, 7) is 2.17. The molecular formula is C17H25N3O5S2. The molecule has 150 valence electrons. The zero-order valence-corrected chi connectivity index (χ0v) is 16.8. The van der Waals surface area contributed by atoms with E-state index in [-0.39, 0.29) is 22.9 Å². The Kier molecular flexibility index (Phi) is 6.19. The summed E-state index contributed by atoms with van der Waals surface area (Å²) in [7, 11) is -7.31. The predicted molar refractivity (Wildman–Crippen MR) is 100 cm³/mol. The van der Waals surface area contributed by atoms with Crippen LogP contribution in [0.1, 0.15) is 25.7 Å². The van der Waals surface area contributed by atoms with E-state index in [1.807, 2.05) is 0 Å². The molecule has 0 radical (unpaired) electrons. The van der Waals surface area contributed by atoms with E-state index in [2.05, 4.69) is 0 Å². The van der Waals surface area contributed by atoms with Gasteiger partial charge in [-0.25, -0.2) is 16.8 Å². The van der Waals surface area contributed by atoms with Crippen LogP contribution in [0.5, 0.6) is 0 Å². The highest BCUT2D eigenvalue weighted by Gasteiger charge is 2.29. The van der Waals surface area contributed by atoms with Crippen LogP contribution in [-0.2, 0) is 24.8 Å². The Labute approximate surface area is 160 Å². The lowest BCUT2D eigenvalue weighted by Gasteiger charge is -2.31. The quantitative estimate of drug-likeness (QED) is 0.660. The van der Waals surface area contributed by atoms with Gasteiger partial charge in [-0.15, -0.1) is 0 Å². The van der Waals surface area contributed by atoms with Gasteiger partial charge >= 0.3 is 0 Å². The molecule has 8 nitrogen and oxygen atoms in total. The Morgan fingerprint density at radius 2 is 1.04 bits per heavy atom. The molecule has 1 aromatic rings. The summed E-state index contributed by atoms with van der Waals surface area (Å²) < 4.78 is 53.9. The molecule has 0 bridgehead atoms. The third-order valence-electron chi connectivity index (χ3n) is 5.09. The third kappa shape index (κ3) is 4.34. The highest BCUT2D eigenvalue weighted by atomic mass is 32.2. The van der Waals surface area contributed by atoms with Crippen molar-refractivity contribution >= 4 is 26.5 Å². The maximum atomic E-state index is 12.8. The summed E-state index contributed by atoms with van der Waals surface area (Å²) in [6, 6.07) is 5.45. The second kappa shape index (κ2) is 8.26. The Hall–Kier alpha value is -1.49. The summed E-state index contributed by atoms with van der Waals surface area (Å²) >= 11 is 0. The van der Waals surface area contributed by atoms with Crippen LogP contribution in [0, 0.1) is 0 Å². The van der Waals surface area contributed by atoms with E-state index in [1.165, 1.54) is 37.8 Å². The second-order valence-electron chi connectivity index (χ2n) is 6.84. The van der Waals surface area contributed by atoms with Gasteiger partial charge in [0, 0.05) is 39.3 Å². The number of piperazine rings is 1. The van der Waals surface area contributed by atoms with Crippen LogP contribution in [0.2, 0.25) is 0 Å². The van der Waals surface area contributed by atoms with Crippen LogP contribution in [0.3, 0.4) is 0 Å². The number of hydrogen-bond donors (Lipinski definition) is 0. The Morgan fingerprint density at radius 1 is 0.630 bits per heavy atom. The zero-order chi connectivity index (χ0) is 19.5. The largest absolute Gasteiger partial charge is 0.343 e. The summed E-state index contributed by atoms with van der Waals surface area (Å²) in [6.07, 6.45) is 4.46. The van der Waals surface area contributed by atoms with Gasteiger partial charge in [0.15, 0.2) is 0 Å². The number of amides is 1. The maximum Gasteiger partial charge on any atom is 0.243 e. The molecule has 3 rings (SSSR count). The molecule has 0 spiro atoms. The molecule has 0 unspecified atom stereocenters. The summed E-state index contributed by atoms with van der Waals surface area (Å²) in [5.74, 6) is 0. The van der Waals surface area contributed by atoms with Crippen molar-refractivity contribution < 1.29 is 21.6 Å². The SMILES string of the molecule is O=CN1CCN(S(=O)(=O)c2ccc(S(=O)(=O)N3CCCCCC3)cc2)CC1. The van der Waals surface area contributed by atoms with E-state index in [9.17, 15) is 21.6 Å². The van der Waals surface area contributed by atoms with E-state index < -0.39 is 20.0 Å². The number of benzene rings is 1. The molecular weight excluding hydrogens is 390 g/mol. The van der Waals surface area contributed by atoms with Crippen molar-refractivity contribution in [1.29, 1.82) is 0 Å². The van der Waals surface area contributed by atoms with E-state index in [0.29, 0.717) is 32.6 Å². The van der Waals surface area contributed by atoms with Gasteiger partial charge in [-0.2, -0.15) is 8.61 Å². The van der Waals surface area contributed by atoms with Crippen LogP contribution in [-0.4, -0.2) is 76.0 Å². The van der Waals surface area contributed by atoms with E-state index in [1.54, 1.807) is 0 Å². The van der Waals surface area contributed by atoms with Gasteiger partial charge in [-0.05, 0) is 37.1 Å². The van der Waals surface area contributed by atoms with Gasteiger partial charge in [0.25, 0.3) is 0 Å². The van der Waals surface area contributed by atoms with Crippen LogP contribution >= 0.6 is 0 Å². The Balaban J connectivity index is 1.77. The van der Waals surface area contributed by atoms with E-state index in [4.69, 9.17) is 0 Å². The first-order valence-electron chi connectivity index (χ1n) is 9.15. The van der Waals surface area contributed by atoms with Crippen molar-refractivity contribution in [2.75, 3.05) is 39.3 Å². The molecule has 0 aliphatic carbocycles. The summed E-state index contributed by atoms with van der Waals surface area (Å²) in [4.78, 5) is 12.5. The molecule has 2 aliphatic heterocycles. The van der Waals surface area contributed by atoms with Crippen molar-refractivity contribution in [3.05, 3.63) is 24.3 Å². The standard InChI is InChI=1S/C17H25N3O5S2/c21-15-18-11-13-20(14-12-18)27(24,25)17-7-5-16(6-8-17)26(22,23)19-9-3-1-2-4-10-19/h5-8,15H,1-4,9-14H2. The number of carbonyl (C=O) groups excluding carboxylic acids is 1. The smallest absolute Gasteiger partial charge is 0.243 e. The number of hydrogen-bond acceptors (Lipinski definition) is 5. The highest BCUT2D eigenvalue weighted by molar-refractivity contribution is 7.89. The number of sulfonamides is 2. The fourth-order valence-corrected chi connectivity index (χ4v) is 6.35. The first-order valence-corrected chi connectivity index (χ1v) is 12.0. The fraction of sp³-hybridized carbons (Fsp3) is 0.588. The van der Waals surface area contributed by atoms with Crippen molar-refractivity contribution in [2.24, 2.45) is 0 Å². The van der Waals surface area contributed by atoms with Gasteiger partial charge in [0.05, 0.1) is 9.79 Å². The first-order chi connectivity index (χ1) is 12.9. The lowest BCUT2D eigenvalue weighted by molar-refractivity contribution is -0.119. The second-order valence-corrected chi connectivity index (χ2v) is 10.7. The minimum absolute atomic E-state index is 0.0665. The van der Waals surface area contributed by atoms with Crippen molar-refractivity contribution in [1.82, 2.24) is 13.5 Å². The van der Waals surface area contributed by atoms with Gasteiger partial charge in [-0.1, -0.05) is 12.8 Å². The number of rotatable bonds is 5. The highest BCUT2D eigenvalue weighted by Crippen LogP contribution is 2.23. The molecule has 27 heavy (non-hydrogen) atoms. The van der Waals surface area contributed by atoms with Crippen molar-refractivity contribution in [2.45, 2.75) is 35.5 Å². The van der Waals surface area contributed by atoms with Crippen LogP contribution in [0.15, 0.2) is 34.1 Å². The normalized spacial score (nSPS) is 21.0. The predicted octanol–water partition coefficient (Wildman–Crippen LogP) is 0.714. The molecule has 2 saturated heterocycles. The lowest BCUT2D eigenvalue weighted by atomic mass is 10.2. The van der Waals surface area contributed by atoms with Crippen molar-refractivity contribution in [3.8, 4) is 0 Å². The van der Waals surface area contributed by atoms with Gasteiger partial charge in [0.2, 0.25) is 26.5 Å². The monoisotopic (exact) mass is 415 g/mol. The molecule has 0 saturated carbocycles. The molecule has 10 heteroatoms. The zero-order valence-electron chi connectivity index (χ0n) is 15.2. The topological polar surface area (TPSA) is 95.1 Å². The van der Waals surface area contributed by atoms with Crippen LogP contribution < -0.4 is 0 Å². The van der Waals surface area contributed by atoms with Gasteiger partial charge in [-0.3, -0.25) is 4.79 Å². The first kappa shape index (κ1) is 20.2. The molecule has 2 heterocycles. The average Bonchev–Trinajstić information content (AvgIpc) is 2.98. The van der Waals surface area contributed by atoms with Gasteiger partial charge in [0.1, 0.15) is 0 Å². The fourth-order valence-electron chi connectivity index (χ4n) is 3.41. The average molecular weight is 416 g/mol. The van der Waals surface area contributed by atoms with Crippen LogP contribution in [0.4, 0.5) is 0 Å². The van der Waals surface area contributed by atoms with Crippen molar-refractivity contribution in [3.63, 3.8) is 0 Å². The molecule has 1 amide bonds. The van der Waals surface area contributed by atoms with E-state index in [0.717, 1.165) is 25.7 Å². The van der Waals surface area contributed by atoms with Crippen LogP contribution in [0.25, 0.3) is 0 Å². The minimum atomic E-state index is -3.70. The number of carbonyl (C=O) groups is 1. The van der Waals surface area contributed by atoms with E-state index >= 15 is 0 Å². The molecule has 0 atom stereocenters. The van der Waals surface area contributed by atoms with Gasteiger partial charge < -0.3 is 4.90 Å². The summed E-state index contributed by atoms with van der Waals surface area (Å²) in [5.41, 5.74) is 0. The maximum absolute atomic E-state index is 12.8. The molecule has 2 aliphatic rings. The summed E-state index contributed by atoms with van der Waals surface area (Å²) in [5, 5.41) is 0. The molecule has 0 N–H and O–H groups in total. The minimum Gasteiger partial charge on any atom is -0.343 e. The Bertz CT molecular complexity index is 852. The third-order valence-corrected chi connectivity index (χ3v) is 8.91.